The van der Waals surface area contributed by atoms with E-state index in [1.165, 1.54) is 0 Å². The summed E-state index contributed by atoms with van der Waals surface area (Å²) in [5, 5.41) is 9.62. The third-order valence-corrected chi connectivity index (χ3v) is 2.00. The van der Waals surface area contributed by atoms with Gasteiger partial charge in [0.25, 0.3) is 0 Å². The fourth-order valence-corrected chi connectivity index (χ4v) is 1.32. The van der Waals surface area contributed by atoms with Crippen molar-refractivity contribution in [3.63, 3.8) is 0 Å². The maximum atomic E-state index is 11.0. The zero-order valence-corrected chi connectivity index (χ0v) is 12.9. The average Bonchev–Trinajstić information content (AvgIpc) is 2.46. The van der Waals surface area contributed by atoms with Crippen molar-refractivity contribution in [1.29, 1.82) is 0 Å². The summed E-state index contributed by atoms with van der Waals surface area (Å²) in [6, 6.07) is 0. The zero-order valence-electron chi connectivity index (χ0n) is 9.73. The van der Waals surface area contributed by atoms with Gasteiger partial charge in [-0.25, -0.2) is 0 Å². The molecule has 2 atom stereocenters. The van der Waals surface area contributed by atoms with Crippen molar-refractivity contribution in [2.24, 2.45) is 0 Å². The predicted octanol–water partition coefficient (Wildman–Crippen LogP) is 0.266. The van der Waals surface area contributed by atoms with Gasteiger partial charge in [0.1, 0.15) is 0 Å². The van der Waals surface area contributed by atoms with Crippen LogP contribution in [-0.2, 0) is 19.0 Å². The van der Waals surface area contributed by atoms with Gasteiger partial charge in [-0.15, -0.1) is 0 Å². The molecule has 1 aliphatic heterocycles. The van der Waals surface area contributed by atoms with E-state index in [0.717, 1.165) is 6.42 Å². The van der Waals surface area contributed by atoms with Gasteiger partial charge in [-0.3, -0.25) is 11.2 Å². The summed E-state index contributed by atoms with van der Waals surface area (Å²) < 4.78 is 15.3. The fraction of sp³-hybridized carbons (Fsp3) is 0.800. The Hall–Kier alpha value is 0.597. The third kappa shape index (κ3) is 5.28. The number of rotatable bonds is 4. The Morgan fingerprint density at radius 3 is 2.75 bits per heavy atom. The van der Waals surface area contributed by atoms with Crippen LogP contribution in [-0.4, -0.2) is 42.3 Å². The number of carbonyl (C=O) groups excluding carboxylic acids is 1. The van der Waals surface area contributed by atoms with Crippen LogP contribution < -0.4 is 0 Å². The summed E-state index contributed by atoms with van der Waals surface area (Å²) >= 11 is 0. The molecule has 0 radical (unpaired) electrons. The van der Waals surface area contributed by atoms with E-state index in [0.29, 0.717) is 0 Å². The Balaban J connectivity index is 0.00000225. The molecule has 0 aliphatic carbocycles. The molecule has 1 heterocycles. The number of aliphatic hydroxyl groups excluding tert-OH is 1. The molecule has 0 aromatic heterocycles. The number of esters is 1. The number of ether oxygens (including phenoxy) is 3. The molecule has 1 fully saturated rings. The van der Waals surface area contributed by atoms with Crippen LogP contribution in [0.25, 0.3) is 0 Å². The molecule has 5 nitrogen and oxygen atoms in total. The Bertz CT molecular complexity index is 231. The first kappa shape index (κ1) is 16.6. The van der Waals surface area contributed by atoms with Crippen LogP contribution in [0.2, 0.25) is 0 Å². The van der Waals surface area contributed by atoms with Crippen molar-refractivity contribution in [3.05, 3.63) is 6.42 Å². The topological polar surface area (TPSA) is 65.0 Å². The molecule has 1 rings (SSSR count). The first-order valence-electron chi connectivity index (χ1n) is 4.96. The second kappa shape index (κ2) is 7.12. The summed E-state index contributed by atoms with van der Waals surface area (Å²) in [5.41, 5.74) is 0. The van der Waals surface area contributed by atoms with Gasteiger partial charge in [0, 0.05) is 41.7 Å². The van der Waals surface area contributed by atoms with Gasteiger partial charge in [-0.05, 0) is 26.9 Å². The maximum Gasteiger partial charge on any atom is 0.169 e. The Labute approximate surface area is 129 Å². The van der Waals surface area contributed by atoms with Gasteiger partial charge < -0.3 is 19.3 Å². The molecule has 6 heteroatoms. The van der Waals surface area contributed by atoms with Crippen molar-refractivity contribution >= 4 is 5.97 Å². The van der Waals surface area contributed by atoms with Gasteiger partial charge in [-0.1, -0.05) is 0 Å². The summed E-state index contributed by atoms with van der Waals surface area (Å²) in [5.74, 6) is -1.24. The number of hydrogen-bond donors (Lipinski definition) is 1. The second-order valence-corrected chi connectivity index (χ2v) is 3.78. The van der Waals surface area contributed by atoms with Crippen molar-refractivity contribution in [1.82, 2.24) is 0 Å². The van der Waals surface area contributed by atoms with Crippen LogP contribution in [0.5, 0.6) is 0 Å². The Morgan fingerprint density at radius 2 is 2.31 bits per heavy atom. The van der Waals surface area contributed by atoms with Gasteiger partial charge >= 0.3 is 0 Å². The van der Waals surface area contributed by atoms with Crippen LogP contribution in [0.3, 0.4) is 0 Å². The standard InChI is InChI=1S/C10H17O5.Ce/c1-4-13-9(12)5-7(11)8-6-14-10(2,3)15-8;/h5,7-8,11H,4,6H2,1-3H3;/q-1;/t7-,8+;/m0./s1. The molecule has 0 unspecified atom stereocenters. The van der Waals surface area contributed by atoms with E-state index in [1.807, 2.05) is 0 Å². The van der Waals surface area contributed by atoms with Crippen LogP contribution in [0.4, 0.5) is 0 Å². The van der Waals surface area contributed by atoms with Crippen molar-refractivity contribution in [3.8, 4) is 0 Å². The van der Waals surface area contributed by atoms with Crippen molar-refractivity contribution in [2.45, 2.75) is 38.8 Å². The smallest absolute Gasteiger partial charge is 0.169 e. The van der Waals surface area contributed by atoms with E-state index in [-0.39, 0.29) is 55.0 Å². The molecule has 16 heavy (non-hydrogen) atoms. The van der Waals surface area contributed by atoms with E-state index in [9.17, 15) is 9.90 Å². The predicted molar refractivity (Wildman–Crippen MR) is 51.8 cm³/mol. The van der Waals surface area contributed by atoms with Crippen LogP contribution >= 0.6 is 0 Å². The minimum absolute atomic E-state index is 0. The molecule has 1 saturated heterocycles. The van der Waals surface area contributed by atoms with E-state index >= 15 is 0 Å². The Morgan fingerprint density at radius 1 is 1.69 bits per heavy atom. The van der Waals surface area contributed by atoms with E-state index < -0.39 is 24.0 Å². The van der Waals surface area contributed by atoms with Crippen LogP contribution in [0.15, 0.2) is 0 Å². The molecule has 0 aromatic carbocycles. The number of aliphatic hydroxyl groups is 1. The molecular formula is C10H17CeO5-. The van der Waals surface area contributed by atoms with E-state index in [4.69, 9.17) is 9.47 Å². The fourth-order valence-electron chi connectivity index (χ4n) is 1.32. The first-order chi connectivity index (χ1) is 6.94. The number of carbonyl (C=O) groups is 1. The SMILES string of the molecule is CCOC(=O)[CH-][C@H](O)[C@H]1COC(C)(C)O1.[Ce]. The molecule has 0 bridgehead atoms. The quantitative estimate of drug-likeness (QED) is 0.578. The van der Waals surface area contributed by atoms with Gasteiger partial charge in [0.15, 0.2) is 11.8 Å². The molecule has 0 aromatic rings. The van der Waals surface area contributed by atoms with Crippen LogP contribution in [0.1, 0.15) is 20.8 Å². The minimum Gasteiger partial charge on any atom is -0.488 e. The third-order valence-electron chi connectivity index (χ3n) is 2.00. The largest absolute Gasteiger partial charge is 0.488 e. The van der Waals surface area contributed by atoms with Crippen LogP contribution in [0, 0.1) is 48.2 Å². The molecule has 0 saturated carbocycles. The van der Waals surface area contributed by atoms with E-state index in [1.54, 1.807) is 20.8 Å². The normalized spacial score (nSPS) is 24.4. The molecule has 0 amide bonds. The summed E-state index contributed by atoms with van der Waals surface area (Å²) in [7, 11) is 0. The number of hydrogen-bond acceptors (Lipinski definition) is 5. The van der Waals surface area contributed by atoms with Crippen molar-refractivity contribution in [2.75, 3.05) is 13.2 Å². The van der Waals surface area contributed by atoms with Crippen molar-refractivity contribution < 1.29 is 65.9 Å². The molecule has 92 valence electrons. The maximum absolute atomic E-state index is 11.0. The average molecular weight is 357 g/mol. The first-order valence-corrected chi connectivity index (χ1v) is 4.96. The summed E-state index contributed by atoms with van der Waals surface area (Å²) in [4.78, 5) is 11.0. The van der Waals surface area contributed by atoms with Gasteiger partial charge in [0.2, 0.25) is 0 Å². The summed E-state index contributed by atoms with van der Waals surface area (Å²) in [6.45, 7) is 5.77. The molecule has 1 N–H and O–H groups in total. The molecule has 0 spiro atoms. The monoisotopic (exact) mass is 357 g/mol. The molecular weight excluding hydrogens is 340 g/mol. The van der Waals surface area contributed by atoms with E-state index in [2.05, 4.69) is 4.74 Å². The van der Waals surface area contributed by atoms with Gasteiger partial charge in [0.05, 0.1) is 19.3 Å². The summed E-state index contributed by atoms with van der Waals surface area (Å²) in [6.07, 6.45) is -0.408. The Kier molecular flexibility index (Phi) is 7.39. The van der Waals surface area contributed by atoms with Gasteiger partial charge in [-0.2, -0.15) is 0 Å². The minimum atomic E-state index is -0.995. The molecule has 1 aliphatic rings. The zero-order chi connectivity index (χ0) is 11.5. The second-order valence-electron chi connectivity index (χ2n) is 3.78.